The summed E-state index contributed by atoms with van der Waals surface area (Å²) in [6.45, 7) is 6.39. The quantitative estimate of drug-likeness (QED) is 0.272. The summed E-state index contributed by atoms with van der Waals surface area (Å²) in [7, 11) is 0. The second-order valence-corrected chi connectivity index (χ2v) is 9.63. The number of nitrogens with one attached hydrogen (secondary N) is 1. The number of ether oxygens (including phenoxy) is 1. The van der Waals surface area contributed by atoms with Gasteiger partial charge in [0.25, 0.3) is 5.69 Å². The van der Waals surface area contributed by atoms with E-state index in [-0.39, 0.29) is 12.3 Å². The summed E-state index contributed by atoms with van der Waals surface area (Å²) in [5.74, 6) is -1.01. The number of hydrogen-bond donors (Lipinski definition) is 1. The Morgan fingerprint density at radius 2 is 1.87 bits per heavy atom. The summed E-state index contributed by atoms with van der Waals surface area (Å²) in [5.41, 5.74) is 6.70. The number of esters is 1. The van der Waals surface area contributed by atoms with E-state index in [0.717, 1.165) is 30.8 Å². The number of non-ortho nitro benzene ring substituents is 1. The number of hydrogen-bond acceptors (Lipinski definition) is 7. The van der Waals surface area contributed by atoms with Gasteiger partial charge in [0.2, 0.25) is 0 Å². The zero-order chi connectivity index (χ0) is 26.6. The van der Waals surface area contributed by atoms with Crippen LogP contribution in [0.2, 0.25) is 0 Å². The molecule has 194 valence electrons. The Labute approximate surface area is 221 Å². The van der Waals surface area contributed by atoms with Crippen LogP contribution in [0.3, 0.4) is 0 Å². The maximum atomic E-state index is 13.6. The first-order chi connectivity index (χ1) is 18.4. The number of carbonyl (C=O) groups excluding carboxylic acids is 1. The second-order valence-electron chi connectivity index (χ2n) is 9.63. The van der Waals surface area contributed by atoms with E-state index in [4.69, 9.17) is 4.74 Å². The van der Waals surface area contributed by atoms with E-state index in [2.05, 4.69) is 39.5 Å². The van der Waals surface area contributed by atoms with E-state index in [0.29, 0.717) is 29.1 Å². The Hall–Kier alpha value is -4.30. The first-order valence-corrected chi connectivity index (χ1v) is 12.7. The first kappa shape index (κ1) is 25.4. The predicted molar refractivity (Wildman–Crippen MR) is 145 cm³/mol. The Kier molecular flexibility index (Phi) is 7.33. The zero-order valence-corrected chi connectivity index (χ0v) is 21.5. The molecule has 5 rings (SSSR count). The fourth-order valence-corrected chi connectivity index (χ4v) is 5.37. The van der Waals surface area contributed by atoms with E-state index < -0.39 is 16.8 Å². The van der Waals surface area contributed by atoms with E-state index in [9.17, 15) is 14.9 Å². The van der Waals surface area contributed by atoms with Crippen LogP contribution in [-0.4, -0.2) is 40.5 Å². The maximum Gasteiger partial charge on any atom is 0.336 e. The topological polar surface area (TPSA) is 97.6 Å². The molecular weight excluding hydrogens is 480 g/mol. The normalized spacial score (nSPS) is 17.6. The maximum absolute atomic E-state index is 13.6. The minimum absolute atomic E-state index is 0.0326. The summed E-state index contributed by atoms with van der Waals surface area (Å²) in [6.07, 6.45) is 2.67. The van der Waals surface area contributed by atoms with Crippen molar-refractivity contribution >= 4 is 17.2 Å². The lowest BCUT2D eigenvalue weighted by Gasteiger charge is -2.32. The average Bonchev–Trinajstić information content (AvgIpc) is 2.93. The fourth-order valence-electron chi connectivity index (χ4n) is 5.37. The van der Waals surface area contributed by atoms with Crippen molar-refractivity contribution in [3.8, 4) is 0 Å². The predicted octanol–water partition coefficient (Wildman–Crippen LogP) is 4.98. The number of dihydropyridines is 1. The van der Waals surface area contributed by atoms with Crippen molar-refractivity contribution < 1.29 is 14.5 Å². The van der Waals surface area contributed by atoms with Crippen LogP contribution in [0.15, 0.2) is 89.9 Å². The molecule has 8 nitrogen and oxygen atoms in total. The summed E-state index contributed by atoms with van der Waals surface area (Å²) >= 11 is 0. The number of rotatable bonds is 7. The SMILES string of the molecule is CC1=C(C(=O)OCCN2CCc3ccccc3C2)C(c2cccc([N+](=O)[O-])c2)C(c2ccccn2)=C(C)N1. The molecule has 3 heterocycles. The molecule has 0 fully saturated rings. The summed E-state index contributed by atoms with van der Waals surface area (Å²) in [5, 5.41) is 14.9. The van der Waals surface area contributed by atoms with Crippen molar-refractivity contribution in [3.05, 3.63) is 122 Å². The highest BCUT2D eigenvalue weighted by molar-refractivity contribution is 5.97. The molecule has 0 amide bonds. The van der Waals surface area contributed by atoms with Gasteiger partial charge in [-0.15, -0.1) is 0 Å². The molecule has 2 aliphatic rings. The fraction of sp³-hybridized carbons (Fsp3) is 0.267. The summed E-state index contributed by atoms with van der Waals surface area (Å²) < 4.78 is 5.84. The molecule has 0 saturated carbocycles. The third-order valence-corrected chi connectivity index (χ3v) is 7.19. The minimum Gasteiger partial charge on any atom is -0.461 e. The molecule has 1 unspecified atom stereocenters. The van der Waals surface area contributed by atoms with Gasteiger partial charge in [-0.25, -0.2) is 4.79 Å². The number of nitrogens with zero attached hydrogens (tertiary/aromatic N) is 3. The number of fused-ring (bicyclic) bond motifs is 1. The number of nitro groups is 1. The van der Waals surface area contributed by atoms with Crippen molar-refractivity contribution in [2.24, 2.45) is 0 Å². The standard InChI is InChI=1S/C30H30N4O4/c1-20-27(26-12-5-6-14-31-26)29(23-10-7-11-25(18-23)34(36)37)28(21(2)32-20)30(35)38-17-16-33-15-13-22-8-3-4-9-24(22)19-33/h3-12,14,18,29,32H,13,15-17,19H2,1-2H3. The van der Waals surface area contributed by atoms with Crippen LogP contribution in [0.1, 0.15) is 42.1 Å². The molecule has 0 saturated heterocycles. The van der Waals surface area contributed by atoms with Crippen molar-refractivity contribution in [1.29, 1.82) is 0 Å². The second kappa shape index (κ2) is 11.0. The van der Waals surface area contributed by atoms with Crippen LogP contribution in [0, 0.1) is 10.1 Å². The lowest BCUT2D eigenvalue weighted by molar-refractivity contribution is -0.384. The van der Waals surface area contributed by atoms with Crippen molar-refractivity contribution in [1.82, 2.24) is 15.2 Å². The van der Waals surface area contributed by atoms with Gasteiger partial charge in [0.05, 0.1) is 16.2 Å². The van der Waals surface area contributed by atoms with Gasteiger partial charge in [-0.3, -0.25) is 20.0 Å². The number of allylic oxidation sites excluding steroid dienone is 3. The molecule has 0 bridgehead atoms. The Morgan fingerprint density at radius 1 is 1.08 bits per heavy atom. The molecule has 8 heteroatoms. The van der Waals surface area contributed by atoms with E-state index in [1.807, 2.05) is 38.1 Å². The van der Waals surface area contributed by atoms with E-state index in [1.54, 1.807) is 12.3 Å². The van der Waals surface area contributed by atoms with Crippen LogP contribution >= 0.6 is 0 Å². The van der Waals surface area contributed by atoms with Gasteiger partial charge < -0.3 is 10.1 Å². The Bertz CT molecular complexity index is 1430. The molecule has 0 spiro atoms. The Balaban J connectivity index is 1.40. The molecule has 38 heavy (non-hydrogen) atoms. The van der Waals surface area contributed by atoms with Gasteiger partial charge in [-0.05, 0) is 49.1 Å². The average molecular weight is 511 g/mol. The summed E-state index contributed by atoms with van der Waals surface area (Å²) in [4.78, 5) is 31.6. The van der Waals surface area contributed by atoms with Crippen LogP contribution in [-0.2, 0) is 22.5 Å². The molecule has 1 N–H and O–H groups in total. The zero-order valence-electron chi connectivity index (χ0n) is 21.5. The highest BCUT2D eigenvalue weighted by Crippen LogP contribution is 2.43. The van der Waals surface area contributed by atoms with Crippen molar-refractivity contribution in [3.63, 3.8) is 0 Å². The van der Waals surface area contributed by atoms with Crippen LogP contribution in [0.5, 0.6) is 0 Å². The van der Waals surface area contributed by atoms with Crippen LogP contribution in [0.4, 0.5) is 5.69 Å². The van der Waals surface area contributed by atoms with Gasteiger partial charge in [0.1, 0.15) is 6.61 Å². The molecule has 1 atom stereocenters. The highest BCUT2D eigenvalue weighted by atomic mass is 16.6. The number of carbonyl (C=O) groups is 1. The first-order valence-electron chi connectivity index (χ1n) is 12.7. The molecule has 0 aliphatic carbocycles. The Morgan fingerprint density at radius 3 is 2.63 bits per heavy atom. The lowest BCUT2D eigenvalue weighted by Crippen LogP contribution is -2.34. The lowest BCUT2D eigenvalue weighted by atomic mass is 9.79. The largest absolute Gasteiger partial charge is 0.461 e. The van der Waals surface area contributed by atoms with Crippen LogP contribution in [0.25, 0.3) is 5.57 Å². The van der Waals surface area contributed by atoms with Gasteiger partial charge >= 0.3 is 5.97 Å². The molecular formula is C30H30N4O4. The number of aromatic nitrogens is 1. The third kappa shape index (κ3) is 5.21. The summed E-state index contributed by atoms with van der Waals surface area (Å²) in [6, 6.07) is 20.5. The van der Waals surface area contributed by atoms with Gasteiger partial charge in [0.15, 0.2) is 0 Å². The minimum atomic E-state index is -0.569. The van der Waals surface area contributed by atoms with Gasteiger partial charge in [-0.2, -0.15) is 0 Å². The third-order valence-electron chi connectivity index (χ3n) is 7.19. The number of pyridine rings is 1. The van der Waals surface area contributed by atoms with Crippen molar-refractivity contribution in [2.75, 3.05) is 19.7 Å². The van der Waals surface area contributed by atoms with Gasteiger partial charge in [-0.1, -0.05) is 42.5 Å². The monoisotopic (exact) mass is 510 g/mol. The molecule has 1 aromatic heterocycles. The number of nitro benzene ring substituents is 1. The van der Waals surface area contributed by atoms with E-state index in [1.165, 1.54) is 23.3 Å². The highest BCUT2D eigenvalue weighted by Gasteiger charge is 2.36. The molecule has 2 aromatic carbocycles. The smallest absolute Gasteiger partial charge is 0.336 e. The van der Waals surface area contributed by atoms with E-state index >= 15 is 0 Å². The number of benzene rings is 2. The molecule has 3 aromatic rings. The molecule has 2 aliphatic heterocycles. The van der Waals surface area contributed by atoms with Crippen molar-refractivity contribution in [2.45, 2.75) is 32.7 Å². The molecule has 0 radical (unpaired) electrons. The van der Waals surface area contributed by atoms with Crippen LogP contribution < -0.4 is 5.32 Å². The van der Waals surface area contributed by atoms with Gasteiger partial charge in [0, 0.05) is 60.8 Å².